The summed E-state index contributed by atoms with van der Waals surface area (Å²) in [4.78, 5) is 27.9. The van der Waals surface area contributed by atoms with Gasteiger partial charge >= 0.3 is 0 Å². The van der Waals surface area contributed by atoms with Gasteiger partial charge in [-0.2, -0.15) is 4.99 Å². The van der Waals surface area contributed by atoms with Crippen molar-refractivity contribution in [1.29, 1.82) is 0 Å². The van der Waals surface area contributed by atoms with Crippen LogP contribution in [0.4, 0.5) is 5.69 Å². The molecule has 1 aliphatic heterocycles. The van der Waals surface area contributed by atoms with Gasteiger partial charge < -0.3 is 14.0 Å². The second-order valence-corrected chi connectivity index (χ2v) is 7.02. The Labute approximate surface area is 163 Å². The van der Waals surface area contributed by atoms with Crippen LogP contribution in [0, 0.1) is 10.1 Å². The lowest BCUT2D eigenvalue weighted by Crippen LogP contribution is -2.36. The fraction of sp³-hybridized carbons (Fsp3) is 0.158. The number of thiazole rings is 1. The number of fused-ring (bicyclic) bond motifs is 2. The number of nitrogens with zero attached hydrogens (tertiary/aromatic N) is 3. The zero-order chi connectivity index (χ0) is 19.7. The van der Waals surface area contributed by atoms with E-state index in [1.54, 1.807) is 34.9 Å². The lowest BCUT2D eigenvalue weighted by atomic mass is 10.2. The van der Waals surface area contributed by atoms with Gasteiger partial charge in [-0.1, -0.05) is 29.5 Å². The van der Waals surface area contributed by atoms with Crippen molar-refractivity contribution >= 4 is 33.1 Å². The van der Waals surface area contributed by atoms with Crippen LogP contribution in [0.3, 0.4) is 0 Å². The summed E-state index contributed by atoms with van der Waals surface area (Å²) < 4.78 is 13.7. The summed E-state index contributed by atoms with van der Waals surface area (Å²) in [6, 6.07) is 11.7. The molecule has 0 bridgehead atoms. The van der Waals surface area contributed by atoms with Crippen molar-refractivity contribution in [2.75, 3.05) is 6.61 Å². The summed E-state index contributed by atoms with van der Waals surface area (Å²) in [6.45, 7) is 4.21. The largest absolute Gasteiger partial charge is 0.485 e. The maximum Gasteiger partial charge on any atom is 0.292 e. The molecule has 2 heterocycles. The molecule has 142 valence electrons. The Balaban J connectivity index is 1.72. The van der Waals surface area contributed by atoms with Gasteiger partial charge in [0, 0.05) is 18.7 Å². The van der Waals surface area contributed by atoms with Crippen molar-refractivity contribution < 1.29 is 19.2 Å². The summed E-state index contributed by atoms with van der Waals surface area (Å²) in [5, 5.41) is 11.0. The first kappa shape index (κ1) is 17.9. The van der Waals surface area contributed by atoms with Gasteiger partial charge in [0.1, 0.15) is 6.61 Å². The Morgan fingerprint density at radius 1 is 1.36 bits per heavy atom. The number of nitro groups is 1. The molecule has 1 aromatic heterocycles. The van der Waals surface area contributed by atoms with Crippen molar-refractivity contribution in [2.45, 2.75) is 12.6 Å². The molecule has 0 aliphatic carbocycles. The van der Waals surface area contributed by atoms with Crippen molar-refractivity contribution in [3.63, 3.8) is 0 Å². The molecular formula is C19H15N3O5S. The molecule has 0 spiro atoms. The number of nitro benzene ring substituents is 1. The highest BCUT2D eigenvalue weighted by Crippen LogP contribution is 2.31. The van der Waals surface area contributed by atoms with Crippen LogP contribution in [0.5, 0.6) is 11.5 Å². The average Bonchev–Trinajstić information content (AvgIpc) is 3.04. The van der Waals surface area contributed by atoms with E-state index in [-0.39, 0.29) is 12.3 Å². The van der Waals surface area contributed by atoms with E-state index in [4.69, 9.17) is 9.47 Å². The number of allylic oxidation sites excluding steroid dienone is 1. The molecule has 4 rings (SSSR count). The quantitative estimate of drug-likeness (QED) is 0.383. The van der Waals surface area contributed by atoms with Crippen LogP contribution in [-0.2, 0) is 11.3 Å². The monoisotopic (exact) mass is 397 g/mol. The van der Waals surface area contributed by atoms with Crippen LogP contribution < -0.4 is 14.3 Å². The van der Waals surface area contributed by atoms with Crippen LogP contribution >= 0.6 is 11.3 Å². The highest BCUT2D eigenvalue weighted by molar-refractivity contribution is 7.16. The second-order valence-electron chi connectivity index (χ2n) is 6.01. The molecule has 0 fully saturated rings. The summed E-state index contributed by atoms with van der Waals surface area (Å²) in [5.74, 6) is 0.601. The van der Waals surface area contributed by atoms with E-state index in [1.165, 1.54) is 23.5 Å². The van der Waals surface area contributed by atoms with Gasteiger partial charge in [-0.05, 0) is 18.2 Å². The number of amides is 1. The van der Waals surface area contributed by atoms with E-state index in [9.17, 15) is 14.9 Å². The normalized spacial score (nSPS) is 16.1. The Morgan fingerprint density at radius 3 is 2.89 bits per heavy atom. The summed E-state index contributed by atoms with van der Waals surface area (Å²) in [5.41, 5.74) is 0.728. The number of aromatic nitrogens is 1. The number of carbonyl (C=O) groups is 1. The molecule has 0 N–H and O–H groups in total. The molecule has 1 aliphatic rings. The second kappa shape index (κ2) is 7.28. The topological polar surface area (TPSA) is 96.0 Å². The number of rotatable bonds is 4. The van der Waals surface area contributed by atoms with Crippen molar-refractivity contribution in [1.82, 2.24) is 4.57 Å². The number of benzene rings is 2. The highest BCUT2D eigenvalue weighted by atomic mass is 32.1. The number of non-ortho nitro benzene ring substituents is 1. The van der Waals surface area contributed by atoms with Crippen LogP contribution in [0.1, 0.15) is 0 Å². The summed E-state index contributed by atoms with van der Waals surface area (Å²) in [6.07, 6.45) is 0.819. The summed E-state index contributed by atoms with van der Waals surface area (Å²) >= 11 is 1.20. The van der Waals surface area contributed by atoms with E-state index in [1.807, 2.05) is 6.07 Å². The van der Waals surface area contributed by atoms with Crippen LogP contribution in [0.15, 0.2) is 60.1 Å². The first-order valence-electron chi connectivity index (χ1n) is 8.42. The van der Waals surface area contributed by atoms with Gasteiger partial charge in [-0.15, -0.1) is 6.58 Å². The lowest BCUT2D eigenvalue weighted by molar-refractivity contribution is -0.384. The molecule has 0 radical (unpaired) electrons. The molecule has 2 aromatic carbocycles. The molecule has 28 heavy (non-hydrogen) atoms. The first-order valence-corrected chi connectivity index (χ1v) is 9.24. The van der Waals surface area contributed by atoms with Gasteiger partial charge in [0.25, 0.3) is 11.6 Å². The molecular weight excluding hydrogens is 382 g/mol. The van der Waals surface area contributed by atoms with Crippen molar-refractivity contribution in [3.05, 3.63) is 70.0 Å². The number of hydrogen-bond acceptors (Lipinski definition) is 6. The minimum atomic E-state index is -0.855. The predicted octanol–water partition coefficient (Wildman–Crippen LogP) is 3.06. The number of carbonyl (C=O) groups excluding carboxylic acids is 1. The van der Waals surface area contributed by atoms with Crippen LogP contribution in [0.25, 0.3) is 10.2 Å². The average molecular weight is 397 g/mol. The SMILES string of the molecule is C=CCn1c(=NC(=O)[C@H]2COc3ccccc3O2)sc2cc([N+](=O)[O-])ccc21. The van der Waals surface area contributed by atoms with E-state index in [2.05, 4.69) is 11.6 Å². The molecule has 0 saturated heterocycles. The number of ether oxygens (including phenoxy) is 2. The molecule has 1 atom stereocenters. The van der Waals surface area contributed by atoms with E-state index >= 15 is 0 Å². The van der Waals surface area contributed by atoms with Crippen LogP contribution in [-0.4, -0.2) is 28.1 Å². The zero-order valence-corrected chi connectivity index (χ0v) is 15.4. The maximum absolute atomic E-state index is 12.7. The Morgan fingerprint density at radius 2 is 2.14 bits per heavy atom. The smallest absolute Gasteiger partial charge is 0.292 e. The molecule has 0 unspecified atom stereocenters. The van der Waals surface area contributed by atoms with E-state index < -0.39 is 16.9 Å². The Kier molecular flexibility index (Phi) is 4.66. The molecule has 0 saturated carbocycles. The predicted molar refractivity (Wildman–Crippen MR) is 104 cm³/mol. The number of hydrogen-bond donors (Lipinski definition) is 0. The molecule has 9 heteroatoms. The zero-order valence-electron chi connectivity index (χ0n) is 14.6. The van der Waals surface area contributed by atoms with Gasteiger partial charge in [0.15, 0.2) is 16.3 Å². The van der Waals surface area contributed by atoms with E-state index in [0.29, 0.717) is 27.5 Å². The third kappa shape index (κ3) is 3.27. The molecule has 3 aromatic rings. The van der Waals surface area contributed by atoms with Crippen molar-refractivity contribution in [2.24, 2.45) is 4.99 Å². The third-order valence-corrected chi connectivity index (χ3v) is 5.22. The fourth-order valence-electron chi connectivity index (χ4n) is 2.87. The van der Waals surface area contributed by atoms with Crippen molar-refractivity contribution in [3.8, 4) is 11.5 Å². The first-order chi connectivity index (χ1) is 13.6. The van der Waals surface area contributed by atoms with Gasteiger partial charge in [0.2, 0.25) is 6.10 Å². The minimum absolute atomic E-state index is 0.0157. The standard InChI is InChI=1S/C19H15N3O5S/c1-2-9-21-13-8-7-12(22(24)25)10-17(13)28-19(21)20-18(23)16-11-26-14-5-3-4-6-15(14)27-16/h2-8,10,16H,1,9,11H2/t16-/m1/s1. The Hall–Kier alpha value is -3.46. The fourth-order valence-corrected chi connectivity index (χ4v) is 3.95. The molecule has 8 nitrogen and oxygen atoms in total. The van der Waals surface area contributed by atoms with E-state index in [0.717, 1.165) is 5.52 Å². The molecule has 1 amide bonds. The highest BCUT2D eigenvalue weighted by Gasteiger charge is 2.27. The Bertz CT molecular complexity index is 1160. The lowest BCUT2D eigenvalue weighted by Gasteiger charge is -2.23. The number of para-hydroxylation sites is 2. The van der Waals surface area contributed by atoms with Crippen LogP contribution in [0.2, 0.25) is 0 Å². The van der Waals surface area contributed by atoms with Gasteiger partial charge in [-0.25, -0.2) is 0 Å². The minimum Gasteiger partial charge on any atom is -0.485 e. The van der Waals surface area contributed by atoms with Gasteiger partial charge in [0.05, 0.1) is 15.1 Å². The summed E-state index contributed by atoms with van der Waals surface area (Å²) in [7, 11) is 0. The maximum atomic E-state index is 12.7. The van der Waals surface area contributed by atoms with Gasteiger partial charge in [-0.3, -0.25) is 14.9 Å². The third-order valence-electron chi connectivity index (χ3n) is 4.18.